The van der Waals surface area contributed by atoms with Crippen molar-refractivity contribution in [2.75, 3.05) is 19.1 Å². The number of unbranched alkanes of at least 4 members (excludes halogenated alkanes) is 6. The fourth-order valence-electron chi connectivity index (χ4n) is 3.23. The first-order valence-electron chi connectivity index (χ1n) is 11.4. The summed E-state index contributed by atoms with van der Waals surface area (Å²) in [5, 5.41) is 10.7. The van der Waals surface area contributed by atoms with Gasteiger partial charge in [0.15, 0.2) is 17.3 Å². The highest BCUT2D eigenvalue weighted by molar-refractivity contribution is 5.81. The van der Waals surface area contributed by atoms with Gasteiger partial charge in [-0.15, -0.1) is 0 Å². The fraction of sp³-hybridized carbons (Fsp3) is 0.583. The van der Waals surface area contributed by atoms with Crippen LogP contribution in [0.15, 0.2) is 28.1 Å². The van der Waals surface area contributed by atoms with Crippen LogP contribution in [0.3, 0.4) is 0 Å². The van der Waals surface area contributed by atoms with Crippen molar-refractivity contribution >= 4 is 12.0 Å². The molecule has 0 fully saturated rings. The molecule has 2 rings (SSSR count). The van der Waals surface area contributed by atoms with Crippen LogP contribution in [0.25, 0.3) is 0 Å². The molecule has 1 aromatic carbocycles. The second kappa shape index (κ2) is 12.8. The zero-order valence-corrected chi connectivity index (χ0v) is 20.0. The molecule has 0 unspecified atom stereocenters. The largest absolute Gasteiger partial charge is 0.493 e. The van der Waals surface area contributed by atoms with Gasteiger partial charge in [-0.2, -0.15) is 15.2 Å². The van der Waals surface area contributed by atoms with Gasteiger partial charge < -0.3 is 9.47 Å². The Hall–Kier alpha value is -2.90. The molecule has 8 heteroatoms. The lowest BCUT2D eigenvalue weighted by Gasteiger charge is -2.18. The van der Waals surface area contributed by atoms with Crippen molar-refractivity contribution in [2.45, 2.75) is 78.1 Å². The van der Waals surface area contributed by atoms with Gasteiger partial charge in [-0.1, -0.05) is 66.2 Å². The number of nitrogens with one attached hydrogen (secondary N) is 2. The molecule has 0 spiro atoms. The molecule has 0 saturated heterocycles. The Morgan fingerprint density at radius 2 is 1.81 bits per heavy atom. The molecular formula is C24H37N5O3. The molecule has 0 radical (unpaired) electrons. The number of nitrogens with zero attached hydrogens (tertiary/aromatic N) is 3. The summed E-state index contributed by atoms with van der Waals surface area (Å²) < 4.78 is 11.4. The molecular weight excluding hydrogens is 406 g/mol. The first kappa shape index (κ1) is 25.4. The third-order valence-corrected chi connectivity index (χ3v) is 4.99. The van der Waals surface area contributed by atoms with Crippen LogP contribution in [0.2, 0.25) is 0 Å². The van der Waals surface area contributed by atoms with E-state index in [4.69, 9.17) is 9.47 Å². The van der Waals surface area contributed by atoms with E-state index in [9.17, 15) is 4.79 Å². The van der Waals surface area contributed by atoms with E-state index in [1.54, 1.807) is 13.3 Å². The van der Waals surface area contributed by atoms with Gasteiger partial charge in [-0.05, 0) is 30.2 Å². The number of anilines is 1. The Morgan fingerprint density at radius 3 is 2.50 bits per heavy atom. The molecule has 1 heterocycles. The van der Waals surface area contributed by atoms with Crippen molar-refractivity contribution in [2.24, 2.45) is 5.10 Å². The summed E-state index contributed by atoms with van der Waals surface area (Å²) in [6.45, 7) is 8.87. The predicted octanol–water partition coefficient (Wildman–Crippen LogP) is 5.05. The van der Waals surface area contributed by atoms with Gasteiger partial charge in [0, 0.05) is 5.41 Å². The van der Waals surface area contributed by atoms with Crippen LogP contribution in [0, 0.1) is 0 Å². The van der Waals surface area contributed by atoms with Crippen molar-refractivity contribution in [3.8, 4) is 11.5 Å². The molecule has 0 aliphatic carbocycles. The molecule has 2 N–H and O–H groups in total. The van der Waals surface area contributed by atoms with Crippen LogP contribution in [-0.2, 0) is 5.41 Å². The van der Waals surface area contributed by atoms with E-state index in [1.807, 2.05) is 39.0 Å². The molecule has 0 saturated carbocycles. The van der Waals surface area contributed by atoms with E-state index in [1.165, 1.54) is 38.5 Å². The monoisotopic (exact) mass is 443 g/mol. The first-order valence-corrected chi connectivity index (χ1v) is 11.4. The molecule has 176 valence electrons. The van der Waals surface area contributed by atoms with E-state index in [-0.39, 0.29) is 5.41 Å². The molecule has 0 bridgehead atoms. The summed E-state index contributed by atoms with van der Waals surface area (Å²) in [5.74, 6) is 1.71. The molecule has 1 aromatic heterocycles. The van der Waals surface area contributed by atoms with E-state index in [0.29, 0.717) is 23.9 Å². The molecule has 8 nitrogen and oxygen atoms in total. The third-order valence-electron chi connectivity index (χ3n) is 4.99. The van der Waals surface area contributed by atoms with Crippen LogP contribution < -0.4 is 20.6 Å². The summed E-state index contributed by atoms with van der Waals surface area (Å²) in [6.07, 6.45) is 10.4. The van der Waals surface area contributed by atoms with Gasteiger partial charge >= 0.3 is 5.69 Å². The second-order valence-corrected chi connectivity index (χ2v) is 8.84. The Bertz CT molecular complexity index is 919. The van der Waals surface area contributed by atoms with Crippen LogP contribution in [-0.4, -0.2) is 35.1 Å². The fourth-order valence-corrected chi connectivity index (χ4v) is 3.23. The summed E-state index contributed by atoms with van der Waals surface area (Å²) >= 11 is 0. The van der Waals surface area contributed by atoms with Crippen molar-refractivity contribution in [1.82, 2.24) is 15.2 Å². The highest BCUT2D eigenvalue weighted by Gasteiger charge is 2.21. The van der Waals surface area contributed by atoms with Gasteiger partial charge in [0.25, 0.3) is 0 Å². The van der Waals surface area contributed by atoms with Crippen LogP contribution in [0.1, 0.15) is 83.9 Å². The van der Waals surface area contributed by atoms with Crippen molar-refractivity contribution < 1.29 is 9.47 Å². The zero-order valence-electron chi connectivity index (χ0n) is 20.0. The average molecular weight is 444 g/mol. The SMILES string of the molecule is CCCCCCCCCOc1ccc(/C=N/Nc2nc(=O)[nH]nc2C(C)(C)C)cc1OC. The minimum Gasteiger partial charge on any atom is -0.493 e. The average Bonchev–Trinajstić information content (AvgIpc) is 2.75. The van der Waals surface area contributed by atoms with Crippen LogP contribution >= 0.6 is 0 Å². The summed E-state index contributed by atoms with van der Waals surface area (Å²) in [4.78, 5) is 15.5. The predicted molar refractivity (Wildman–Crippen MR) is 129 cm³/mol. The van der Waals surface area contributed by atoms with Gasteiger partial charge in [-0.3, -0.25) is 5.43 Å². The number of ether oxygens (including phenoxy) is 2. The second-order valence-electron chi connectivity index (χ2n) is 8.84. The van der Waals surface area contributed by atoms with Crippen molar-refractivity contribution in [1.29, 1.82) is 0 Å². The van der Waals surface area contributed by atoms with Gasteiger partial charge in [0.05, 0.1) is 19.9 Å². The molecule has 0 aliphatic rings. The van der Waals surface area contributed by atoms with Crippen molar-refractivity contribution in [3.05, 3.63) is 39.9 Å². The number of methoxy groups -OCH3 is 1. The Kier molecular flexibility index (Phi) is 10.2. The highest BCUT2D eigenvalue weighted by atomic mass is 16.5. The van der Waals surface area contributed by atoms with Gasteiger partial charge in [0.2, 0.25) is 0 Å². The normalized spacial score (nSPS) is 11.7. The van der Waals surface area contributed by atoms with E-state index in [2.05, 4.69) is 32.6 Å². The van der Waals surface area contributed by atoms with E-state index in [0.717, 1.165) is 17.7 Å². The lowest BCUT2D eigenvalue weighted by molar-refractivity contribution is 0.284. The maximum Gasteiger partial charge on any atom is 0.363 e. The van der Waals surface area contributed by atoms with Crippen molar-refractivity contribution in [3.63, 3.8) is 0 Å². The maximum absolute atomic E-state index is 11.6. The summed E-state index contributed by atoms with van der Waals surface area (Å²) in [5.41, 5.74) is 3.46. The number of hydrogen-bond acceptors (Lipinski definition) is 7. The topological polar surface area (TPSA) is 101 Å². The zero-order chi connectivity index (χ0) is 23.4. The number of aromatic amines is 1. The number of hydrazone groups is 1. The smallest absolute Gasteiger partial charge is 0.363 e. The minimum atomic E-state index is -0.528. The third kappa shape index (κ3) is 8.32. The van der Waals surface area contributed by atoms with Gasteiger partial charge in [-0.25, -0.2) is 9.89 Å². The number of H-pyrrole nitrogens is 1. The van der Waals surface area contributed by atoms with E-state index >= 15 is 0 Å². The first-order chi connectivity index (χ1) is 15.3. The quantitative estimate of drug-likeness (QED) is 0.255. The molecule has 0 amide bonds. The number of rotatable bonds is 13. The molecule has 0 aliphatic heterocycles. The Labute approximate surface area is 190 Å². The van der Waals surface area contributed by atoms with Crippen LogP contribution in [0.5, 0.6) is 11.5 Å². The number of aromatic nitrogens is 3. The Morgan fingerprint density at radius 1 is 1.09 bits per heavy atom. The lowest BCUT2D eigenvalue weighted by Crippen LogP contribution is -2.24. The molecule has 0 atom stereocenters. The van der Waals surface area contributed by atoms with Gasteiger partial charge in [0.1, 0.15) is 5.69 Å². The highest BCUT2D eigenvalue weighted by Crippen LogP contribution is 2.28. The molecule has 2 aromatic rings. The number of hydrogen-bond donors (Lipinski definition) is 2. The maximum atomic E-state index is 11.6. The summed E-state index contributed by atoms with van der Waals surface area (Å²) in [7, 11) is 1.62. The molecule has 32 heavy (non-hydrogen) atoms. The van der Waals surface area contributed by atoms with Crippen LogP contribution in [0.4, 0.5) is 5.82 Å². The Balaban J connectivity index is 1.92. The summed E-state index contributed by atoms with van der Waals surface area (Å²) in [6, 6.07) is 5.65. The number of benzene rings is 1. The standard InChI is InChI=1S/C24H37N5O3/c1-6-7-8-9-10-11-12-15-32-19-14-13-18(16-20(19)31-5)17-25-28-22-21(24(2,3)4)27-29-23(30)26-22/h13-14,16-17H,6-12,15H2,1-5H3,(H2,26,28,29,30)/b25-17+. The minimum absolute atomic E-state index is 0.299. The lowest BCUT2D eigenvalue weighted by atomic mass is 9.92. The van der Waals surface area contributed by atoms with E-state index < -0.39 is 5.69 Å².